The molecule has 16 nitrogen and oxygen atoms in total. The number of carbonyl (C=O) groups excluding carboxylic acids is 4. The van der Waals surface area contributed by atoms with Gasteiger partial charge < -0.3 is 84.2 Å². The number of rotatable bonds is 0. The Hall–Kier alpha value is 4.67. The molecule has 8 N–H and O–H groups in total. The zero-order chi connectivity index (χ0) is 40.4. The van der Waals surface area contributed by atoms with Crippen LogP contribution in [0.2, 0.25) is 0 Å². The van der Waals surface area contributed by atoms with Crippen molar-refractivity contribution in [3.63, 3.8) is 0 Å². The van der Waals surface area contributed by atoms with E-state index in [1.165, 1.54) is 34.9 Å². The molecule has 0 saturated carbocycles. The van der Waals surface area contributed by atoms with Gasteiger partial charge in [-0.2, -0.15) is 0 Å². The summed E-state index contributed by atoms with van der Waals surface area (Å²) >= 11 is 0. The fourth-order valence-corrected chi connectivity index (χ4v) is 0. The molecule has 0 bridgehead atoms. The van der Waals surface area contributed by atoms with Gasteiger partial charge in [0, 0.05) is 243 Å². The number of carbonyl (C=O) groups is 4. The van der Waals surface area contributed by atoms with Crippen molar-refractivity contribution in [2.24, 2.45) is 0 Å². The molecule has 0 aliphatic carbocycles. The van der Waals surface area contributed by atoms with E-state index in [9.17, 15) is 8.78 Å². The maximum Gasteiger partial charge on any atom is 0.185 e. The summed E-state index contributed by atoms with van der Waals surface area (Å²) in [5, 5.41) is 57.2. The number of aliphatic hydroxyl groups excluding tert-OH is 4. The third-order valence-corrected chi connectivity index (χ3v) is 0. The van der Waals surface area contributed by atoms with Gasteiger partial charge in [-0.05, 0) is 13.8 Å². The number of aliphatic hydroxyl groups is 4. The van der Waals surface area contributed by atoms with Gasteiger partial charge in [0.25, 0.3) is 0 Å². The van der Waals surface area contributed by atoms with Crippen LogP contribution in [0.4, 0.5) is 8.78 Å². The number of hydrogen-bond acceptors (Lipinski definition) is 16. The molecule has 0 radical (unpaired) electrons. The predicted molar refractivity (Wildman–Crippen MR) is 370 cm³/mol. The largest absolute Gasteiger partial charge is 0.397 e. The molecule has 0 saturated heterocycles. The van der Waals surface area contributed by atoms with E-state index in [0.717, 1.165) is 0 Å². The standard InChI is InChI=1S/C3H8.2C2H6O.4C2H4.2CH3FO.4CH4O2.4CH2O.24CH4.6CH3.4U.5W/c1-3-2;2*1-2-3;4*1-2;2*2-1-3;4*1-3-2;4*1-2;;;;;;;;;;;;;;;;;;;;;;;;;;;;;;;;;;;;;;;/h3H2,1-2H3;2*3H,2H2,1H3;4*1-2H2;2*3H,1H2;4*2H,1H3;4*1H2;24*1H4;6*1H3;;;;;;;;;/q;;;;;;;;;;;;;;;;;;;;;;;;;;;;;;;;;;;;;;;;;6*-1;;;;;;;;;. The molecule has 27 heteroatoms. The minimum Gasteiger partial charge on any atom is -0.397 e. The molecule has 82 heavy (non-hydrogen) atoms. The molecule has 0 aliphatic heterocycles. The summed E-state index contributed by atoms with van der Waals surface area (Å²) in [7, 11) is 4.72. The van der Waals surface area contributed by atoms with Gasteiger partial charge in [-0.15, -0.1) is 52.6 Å². The fourth-order valence-electron chi connectivity index (χ4n) is 0. The topological polar surface area (TPSA) is 267 Å². The molecule has 0 fully saturated rings. The summed E-state index contributed by atoms with van der Waals surface area (Å²) in [5.41, 5.74) is 0. The Bertz CT molecular complexity index is 204. The van der Waals surface area contributed by atoms with E-state index in [4.69, 9.17) is 60.6 Å². The van der Waals surface area contributed by atoms with Crippen molar-refractivity contribution >= 4 is 27.2 Å². The van der Waals surface area contributed by atoms with Crippen LogP contribution in [0.5, 0.6) is 0 Å². The first-order valence-electron chi connectivity index (χ1n) is 10.1. The van der Waals surface area contributed by atoms with Crippen molar-refractivity contribution in [2.45, 2.75) is 212 Å². The van der Waals surface area contributed by atoms with E-state index in [2.05, 4.69) is 86.0 Å². The fraction of sp³-hybridized carbons (Fsp3) is 0.673. The van der Waals surface area contributed by atoms with Gasteiger partial charge in [-0.1, -0.05) is 199 Å². The van der Waals surface area contributed by atoms with Gasteiger partial charge in [-0.3, -0.25) is 21.0 Å². The van der Waals surface area contributed by atoms with Crippen molar-refractivity contribution in [2.75, 3.05) is 55.4 Å². The first kappa shape index (κ1) is 676. The first-order chi connectivity index (χ1) is 20.7. The molecule has 0 aromatic carbocycles. The zero-order valence-electron chi connectivity index (χ0n) is 37.7. The van der Waals surface area contributed by atoms with Gasteiger partial charge in [0.2, 0.25) is 0 Å². The van der Waals surface area contributed by atoms with E-state index in [1.807, 2.05) is 27.2 Å². The van der Waals surface area contributed by atoms with Gasteiger partial charge in [0.05, 0.1) is 28.4 Å². The number of hydrogen-bond donors (Lipinski definition) is 8. The van der Waals surface area contributed by atoms with Crippen LogP contribution in [0.25, 0.3) is 0 Å². The Morgan fingerprint density at radius 2 is 0.268 bits per heavy atom. The van der Waals surface area contributed by atoms with Crippen LogP contribution in [0.15, 0.2) is 52.6 Å². The third kappa shape index (κ3) is 27200. The van der Waals surface area contributed by atoms with E-state index >= 15 is 0 Å². The minimum atomic E-state index is -1.25. The van der Waals surface area contributed by atoms with E-state index in [1.54, 1.807) is 13.8 Å². The zero-order valence-corrected chi connectivity index (χ0v) is 69.0. The summed E-state index contributed by atoms with van der Waals surface area (Å²) in [6.45, 7) is 37.6. The second-order valence-electron chi connectivity index (χ2n) is 2.31. The monoisotopic (exact) mass is 3010 g/mol. The Morgan fingerprint density at radius 3 is 0.268 bits per heavy atom. The summed E-state index contributed by atoms with van der Waals surface area (Å²) in [5.74, 6) is 0. The second kappa shape index (κ2) is 3290. The van der Waals surface area contributed by atoms with Gasteiger partial charge in [0.1, 0.15) is 27.2 Å². The molecule has 0 aliphatic rings. The van der Waals surface area contributed by atoms with Gasteiger partial charge in [-0.25, -0.2) is 28.3 Å². The predicted octanol–water partition coefficient (Wildman–Crippen LogP) is 22.1. The number of halogens is 2. The summed E-state index contributed by atoms with van der Waals surface area (Å²) in [6.07, 6.45) is 1.25. The smallest absolute Gasteiger partial charge is 0.185 e. The molecule has 0 unspecified atom stereocenters. The Labute approximate surface area is 701 Å². The van der Waals surface area contributed by atoms with Crippen molar-refractivity contribution in [3.8, 4) is 0 Å². The molecule has 0 aromatic heterocycles. The van der Waals surface area contributed by atoms with Gasteiger partial charge >= 0.3 is 0 Å². The molecular formula is C55H180F2O16U4W5-6. The summed E-state index contributed by atoms with van der Waals surface area (Å²) < 4.78 is 19.7. The maximum atomic E-state index is 9.85. The van der Waals surface area contributed by atoms with E-state index in [-0.39, 0.29) is 466 Å². The maximum absolute atomic E-state index is 9.85. The van der Waals surface area contributed by atoms with E-state index in [0.29, 0.717) is 0 Å². The first-order valence-corrected chi connectivity index (χ1v) is 10.1. The van der Waals surface area contributed by atoms with Crippen LogP contribution in [0.3, 0.4) is 0 Å². The van der Waals surface area contributed by atoms with Crippen LogP contribution in [-0.4, -0.2) is 124 Å². The molecule has 562 valence electrons. The second-order valence-corrected chi connectivity index (χ2v) is 2.31. The van der Waals surface area contributed by atoms with Crippen molar-refractivity contribution in [3.05, 3.63) is 97.2 Å². The molecule has 0 atom stereocenters. The third-order valence-electron chi connectivity index (χ3n) is 0. The van der Waals surface area contributed by atoms with Gasteiger partial charge in [0.15, 0.2) is 13.7 Å². The van der Waals surface area contributed by atoms with Crippen molar-refractivity contribution in [1.29, 1.82) is 0 Å². The minimum absolute atomic E-state index is 0. The van der Waals surface area contributed by atoms with Crippen molar-refractivity contribution in [1.82, 2.24) is 0 Å². The molecule has 0 rings (SSSR count). The molecule has 0 amide bonds. The van der Waals surface area contributed by atoms with Crippen LogP contribution in [-0.2, 0) is 144 Å². The summed E-state index contributed by atoms with van der Waals surface area (Å²) in [4.78, 5) is 45.0. The number of alkyl halides is 2. The average Bonchev–Trinajstić information content (AvgIpc) is 3.05. The molecule has 0 heterocycles. The Kier molecular flexibility index (Phi) is 27100. The average molecular weight is 3010 g/mol. The molecule has 0 aromatic rings. The molecular weight excluding hydrogens is 2830 g/mol. The quantitative estimate of drug-likeness (QED) is 0.0485. The normalized spacial score (nSPS) is 2.37. The summed E-state index contributed by atoms with van der Waals surface area (Å²) in [6, 6.07) is 0. The van der Waals surface area contributed by atoms with Crippen LogP contribution in [0, 0.1) is 169 Å². The van der Waals surface area contributed by atoms with Crippen LogP contribution in [0.1, 0.15) is 212 Å². The Morgan fingerprint density at radius 1 is 0.268 bits per heavy atom. The Balaban J connectivity index is -0.00000000158. The molecule has 0 spiro atoms. The SMILES string of the molecule is C.C.C.C.C.C.C.C.C.C.C.C.C.C.C.C.C.C.C.C.C.C.C.C.C=C.C=C.C=C.C=C.C=O.C=O.C=O.C=O.CCC.CCO.CCO.COO.COO.COO.COO.OCF.OCF.[CH3-].[CH3-].[CH3-].[CH3-].[CH3-].[CH3-].[U].[U].[U].[U].[W].[W].[W].[W].[W]. The van der Waals surface area contributed by atoms with Crippen LogP contribution < -0.4 is 0 Å². The van der Waals surface area contributed by atoms with E-state index < -0.39 is 13.7 Å². The van der Waals surface area contributed by atoms with Crippen molar-refractivity contribution < 1.29 is 319 Å². The van der Waals surface area contributed by atoms with Crippen LogP contribution >= 0.6 is 0 Å².